The molecule has 0 heterocycles. The molecular weight excluding hydrogens is 660 g/mol. The number of amides is 2. The number of hydrogen-bond donors (Lipinski definition) is 2. The van der Waals surface area contributed by atoms with E-state index in [4.69, 9.17) is 28.4 Å². The topological polar surface area (TPSA) is 165 Å². The van der Waals surface area contributed by atoms with Crippen LogP contribution in [0.25, 0.3) is 11.1 Å². The lowest BCUT2D eigenvalue weighted by Gasteiger charge is -2.24. The second kappa shape index (κ2) is 21.9. The fourth-order valence-corrected chi connectivity index (χ4v) is 5.34. The SMILES string of the molecule is CC(=O)COCCOCCNC(=O)COCCOCCCC(=O)CC[C@H](NC(=O)OCC1c2ccccc2-c2ccccc21)C(=O)OC(C)(C)C. The summed E-state index contributed by atoms with van der Waals surface area (Å²) in [5.41, 5.74) is 3.58. The van der Waals surface area contributed by atoms with Crippen LogP contribution in [-0.2, 0) is 47.6 Å². The Morgan fingerprint density at radius 2 is 1.33 bits per heavy atom. The van der Waals surface area contributed by atoms with Crippen LogP contribution >= 0.6 is 0 Å². The summed E-state index contributed by atoms with van der Waals surface area (Å²) in [6.07, 6.45) is 0.0725. The zero-order valence-electron chi connectivity index (χ0n) is 30.2. The van der Waals surface area contributed by atoms with Gasteiger partial charge in [-0.2, -0.15) is 0 Å². The fraction of sp³-hybridized carbons (Fsp3) is 0.553. The maximum atomic E-state index is 13.0. The molecule has 13 nitrogen and oxygen atoms in total. The molecule has 1 aliphatic carbocycles. The van der Waals surface area contributed by atoms with Crippen molar-refractivity contribution < 1.29 is 52.4 Å². The van der Waals surface area contributed by atoms with Gasteiger partial charge in [0.25, 0.3) is 0 Å². The Bertz CT molecular complexity index is 1390. The molecule has 0 saturated carbocycles. The van der Waals surface area contributed by atoms with Crippen molar-refractivity contribution in [2.45, 2.75) is 70.9 Å². The molecule has 1 atom stereocenters. The Kier molecular flexibility index (Phi) is 17.7. The van der Waals surface area contributed by atoms with E-state index in [9.17, 15) is 24.0 Å². The monoisotopic (exact) mass is 712 g/mol. The highest BCUT2D eigenvalue weighted by molar-refractivity contribution is 5.84. The van der Waals surface area contributed by atoms with E-state index < -0.39 is 23.7 Å². The molecule has 2 N–H and O–H groups in total. The van der Waals surface area contributed by atoms with Crippen molar-refractivity contribution in [2.75, 3.05) is 66.0 Å². The maximum Gasteiger partial charge on any atom is 0.407 e. The van der Waals surface area contributed by atoms with Crippen molar-refractivity contribution in [3.63, 3.8) is 0 Å². The number of ether oxygens (including phenoxy) is 6. The first-order chi connectivity index (χ1) is 24.4. The minimum Gasteiger partial charge on any atom is -0.458 e. The number of benzene rings is 2. The van der Waals surface area contributed by atoms with Gasteiger partial charge in [-0.25, -0.2) is 9.59 Å². The van der Waals surface area contributed by atoms with Crippen molar-refractivity contribution in [1.82, 2.24) is 10.6 Å². The number of ketones is 2. The smallest absolute Gasteiger partial charge is 0.407 e. The summed E-state index contributed by atoms with van der Waals surface area (Å²) in [5.74, 6) is -1.18. The Hall–Kier alpha value is -4.17. The summed E-state index contributed by atoms with van der Waals surface area (Å²) in [6.45, 7) is 8.75. The summed E-state index contributed by atoms with van der Waals surface area (Å²) < 4.78 is 32.3. The average Bonchev–Trinajstić information content (AvgIpc) is 3.40. The maximum absolute atomic E-state index is 13.0. The molecule has 0 aromatic heterocycles. The van der Waals surface area contributed by atoms with E-state index in [-0.39, 0.29) is 75.7 Å². The van der Waals surface area contributed by atoms with E-state index in [1.54, 1.807) is 20.8 Å². The molecule has 0 saturated heterocycles. The molecule has 13 heteroatoms. The molecular formula is C38H52N2O11. The predicted molar refractivity (Wildman–Crippen MR) is 188 cm³/mol. The third-order valence-electron chi connectivity index (χ3n) is 7.63. The number of Topliss-reactive ketones (excluding diaryl/α,β-unsaturated/α-hetero) is 2. The Morgan fingerprint density at radius 1 is 0.745 bits per heavy atom. The predicted octanol–water partition coefficient (Wildman–Crippen LogP) is 4.14. The number of hydrogen-bond acceptors (Lipinski definition) is 11. The molecule has 2 aromatic carbocycles. The third-order valence-corrected chi connectivity index (χ3v) is 7.63. The number of nitrogens with one attached hydrogen (secondary N) is 2. The van der Waals surface area contributed by atoms with Crippen molar-refractivity contribution >= 4 is 29.5 Å². The van der Waals surface area contributed by atoms with Gasteiger partial charge in [0.1, 0.15) is 37.2 Å². The van der Waals surface area contributed by atoms with Gasteiger partial charge in [-0.3, -0.25) is 14.4 Å². The molecule has 2 amide bonds. The highest BCUT2D eigenvalue weighted by atomic mass is 16.6. The molecule has 0 unspecified atom stereocenters. The quantitative estimate of drug-likeness (QED) is 0.119. The van der Waals surface area contributed by atoms with Crippen molar-refractivity contribution in [3.05, 3.63) is 59.7 Å². The average molecular weight is 713 g/mol. The van der Waals surface area contributed by atoms with E-state index in [1.807, 2.05) is 36.4 Å². The third kappa shape index (κ3) is 15.7. The summed E-state index contributed by atoms with van der Waals surface area (Å²) in [7, 11) is 0. The van der Waals surface area contributed by atoms with E-state index in [1.165, 1.54) is 6.92 Å². The minimum atomic E-state index is -1.06. The first-order valence-corrected chi connectivity index (χ1v) is 17.4. The zero-order valence-corrected chi connectivity index (χ0v) is 30.2. The lowest BCUT2D eigenvalue weighted by Crippen LogP contribution is -2.44. The Labute approximate surface area is 300 Å². The summed E-state index contributed by atoms with van der Waals surface area (Å²) in [4.78, 5) is 61.1. The summed E-state index contributed by atoms with van der Waals surface area (Å²) in [5, 5.41) is 5.29. The Balaban J connectivity index is 1.30. The van der Waals surface area contributed by atoms with Gasteiger partial charge in [-0.15, -0.1) is 0 Å². The molecule has 0 bridgehead atoms. The number of fused-ring (bicyclic) bond motifs is 3. The van der Waals surface area contributed by atoms with Crippen LogP contribution in [0.1, 0.15) is 70.4 Å². The first-order valence-electron chi connectivity index (χ1n) is 17.4. The molecule has 51 heavy (non-hydrogen) atoms. The number of carbonyl (C=O) groups is 5. The van der Waals surface area contributed by atoms with Crippen LogP contribution in [0.3, 0.4) is 0 Å². The van der Waals surface area contributed by atoms with Gasteiger partial charge in [-0.05, 0) is 62.8 Å². The van der Waals surface area contributed by atoms with Crippen LogP contribution in [0.2, 0.25) is 0 Å². The van der Waals surface area contributed by atoms with Gasteiger partial charge < -0.3 is 39.1 Å². The minimum absolute atomic E-state index is 0.0506. The largest absolute Gasteiger partial charge is 0.458 e. The fourth-order valence-electron chi connectivity index (χ4n) is 5.34. The van der Waals surface area contributed by atoms with Crippen LogP contribution < -0.4 is 10.6 Å². The normalized spacial score (nSPS) is 12.8. The van der Waals surface area contributed by atoms with Gasteiger partial charge >= 0.3 is 12.1 Å². The van der Waals surface area contributed by atoms with Gasteiger partial charge in [0.2, 0.25) is 5.91 Å². The number of alkyl carbamates (subject to hydrolysis) is 1. The molecule has 1 aliphatic rings. The van der Waals surface area contributed by atoms with Gasteiger partial charge in [0.05, 0.1) is 33.0 Å². The number of carbonyl (C=O) groups excluding carboxylic acids is 5. The standard InChI is InChI=1S/C38H52N2O11/c1-27(41)24-48-22-21-47-19-17-39-35(43)26-49-23-20-46-18-9-10-28(42)15-16-34(36(44)51-38(2,3)4)40-37(45)50-25-33-31-13-7-5-11-29(31)30-12-6-8-14-32(30)33/h5-8,11-14,33-34H,9-10,15-26H2,1-4H3,(H,39,43)(H,40,45)/t34-/m0/s1. The first kappa shape index (κ1) is 41.3. The lowest BCUT2D eigenvalue weighted by molar-refractivity contribution is -0.157. The second-order valence-electron chi connectivity index (χ2n) is 13.1. The molecule has 2 aromatic rings. The van der Waals surface area contributed by atoms with Crippen molar-refractivity contribution in [3.8, 4) is 11.1 Å². The lowest BCUT2D eigenvalue weighted by atomic mass is 9.98. The van der Waals surface area contributed by atoms with E-state index in [2.05, 4.69) is 22.8 Å². The highest BCUT2D eigenvalue weighted by Crippen LogP contribution is 2.44. The van der Waals surface area contributed by atoms with Gasteiger partial charge in [-0.1, -0.05) is 48.5 Å². The number of esters is 1. The summed E-state index contributed by atoms with van der Waals surface area (Å²) >= 11 is 0. The Morgan fingerprint density at radius 3 is 1.96 bits per heavy atom. The van der Waals surface area contributed by atoms with Gasteiger partial charge in [0.15, 0.2) is 5.78 Å². The van der Waals surface area contributed by atoms with E-state index in [0.717, 1.165) is 22.3 Å². The number of rotatable bonds is 24. The van der Waals surface area contributed by atoms with Crippen LogP contribution in [0.4, 0.5) is 4.79 Å². The molecule has 3 rings (SSSR count). The summed E-state index contributed by atoms with van der Waals surface area (Å²) in [6, 6.07) is 15.0. The van der Waals surface area contributed by atoms with Crippen LogP contribution in [-0.4, -0.2) is 107 Å². The van der Waals surface area contributed by atoms with Gasteiger partial charge in [0, 0.05) is 31.9 Å². The molecule has 0 radical (unpaired) electrons. The molecule has 0 fully saturated rings. The van der Waals surface area contributed by atoms with Crippen LogP contribution in [0.5, 0.6) is 0 Å². The molecule has 280 valence electrons. The van der Waals surface area contributed by atoms with Crippen molar-refractivity contribution in [2.24, 2.45) is 0 Å². The van der Waals surface area contributed by atoms with E-state index in [0.29, 0.717) is 39.4 Å². The highest BCUT2D eigenvalue weighted by Gasteiger charge is 2.31. The van der Waals surface area contributed by atoms with Crippen molar-refractivity contribution in [1.29, 1.82) is 0 Å². The van der Waals surface area contributed by atoms with E-state index >= 15 is 0 Å². The molecule has 0 aliphatic heterocycles. The van der Waals surface area contributed by atoms with Crippen LogP contribution in [0.15, 0.2) is 48.5 Å². The molecule has 0 spiro atoms. The second-order valence-corrected chi connectivity index (χ2v) is 13.1. The van der Waals surface area contributed by atoms with Crippen LogP contribution in [0, 0.1) is 0 Å². The zero-order chi connectivity index (χ0) is 37.1.